The minimum Gasteiger partial charge on any atom is -0.465 e. The van der Waals surface area contributed by atoms with E-state index in [0.29, 0.717) is 17.1 Å². The quantitative estimate of drug-likeness (QED) is 0.824. The van der Waals surface area contributed by atoms with Crippen molar-refractivity contribution in [1.82, 2.24) is 4.90 Å². The smallest absolute Gasteiger partial charge is 0.330 e. The first-order chi connectivity index (χ1) is 9.24. The van der Waals surface area contributed by atoms with E-state index in [0.717, 1.165) is 4.90 Å². The summed E-state index contributed by atoms with van der Waals surface area (Å²) in [4.78, 5) is 24.9. The highest BCUT2D eigenvalue weighted by Crippen LogP contribution is 2.24. The van der Waals surface area contributed by atoms with Gasteiger partial charge in [0.2, 0.25) is 0 Å². The Kier molecular flexibility index (Phi) is 2.68. The Hall–Kier alpha value is -2.76. The molecule has 0 atom stereocenters. The molecule has 2 N–H and O–H groups in total. The van der Waals surface area contributed by atoms with Crippen molar-refractivity contribution in [2.75, 3.05) is 10.6 Å². The fourth-order valence-electron chi connectivity index (χ4n) is 1.85. The summed E-state index contributed by atoms with van der Waals surface area (Å²) in [5.74, 6) is 0.558. The predicted molar refractivity (Wildman–Crippen MR) is 68.7 cm³/mol. The molecule has 1 aliphatic rings. The lowest BCUT2D eigenvalue weighted by atomic mass is 10.3. The van der Waals surface area contributed by atoms with Crippen LogP contribution < -0.4 is 10.6 Å². The molecule has 19 heavy (non-hydrogen) atoms. The molecule has 6 heteroatoms. The predicted octanol–water partition coefficient (Wildman–Crippen LogP) is 2.86. The Bertz CT molecular complexity index is 621. The minimum atomic E-state index is -0.495. The Morgan fingerprint density at radius 3 is 2.84 bits per heavy atom. The SMILES string of the molecule is O=C(Nc1ccccc1)N1Cc2occc2NC1=O. The molecule has 0 fully saturated rings. The van der Waals surface area contributed by atoms with Gasteiger partial charge in [0.1, 0.15) is 5.76 Å². The summed E-state index contributed by atoms with van der Waals surface area (Å²) >= 11 is 0. The van der Waals surface area contributed by atoms with Crippen LogP contribution in [0.3, 0.4) is 0 Å². The Morgan fingerprint density at radius 2 is 2.05 bits per heavy atom. The van der Waals surface area contributed by atoms with Crippen molar-refractivity contribution in [3.8, 4) is 0 Å². The first-order valence-electron chi connectivity index (χ1n) is 5.75. The van der Waals surface area contributed by atoms with Crippen LogP contribution in [0.1, 0.15) is 5.76 Å². The third-order valence-electron chi connectivity index (χ3n) is 2.80. The van der Waals surface area contributed by atoms with Gasteiger partial charge in [0, 0.05) is 11.8 Å². The van der Waals surface area contributed by atoms with Crippen LogP contribution >= 0.6 is 0 Å². The second-order valence-corrected chi connectivity index (χ2v) is 4.07. The number of nitrogens with one attached hydrogen (secondary N) is 2. The van der Waals surface area contributed by atoms with Gasteiger partial charge in [0.05, 0.1) is 18.5 Å². The standard InChI is InChI=1S/C13H11N3O3/c17-12(14-9-4-2-1-3-5-9)16-8-11-10(6-7-19-11)15-13(16)18/h1-7H,8H2,(H,14,17)(H,15,18). The summed E-state index contributed by atoms with van der Waals surface area (Å²) in [7, 11) is 0. The number of carbonyl (C=O) groups excluding carboxylic acids is 2. The molecular formula is C13H11N3O3. The van der Waals surface area contributed by atoms with Gasteiger partial charge in [-0.2, -0.15) is 0 Å². The summed E-state index contributed by atoms with van der Waals surface area (Å²) in [6.45, 7) is 0.118. The monoisotopic (exact) mass is 257 g/mol. The molecule has 1 aromatic carbocycles. The average Bonchev–Trinajstić information content (AvgIpc) is 2.86. The number of rotatable bonds is 1. The van der Waals surface area contributed by atoms with Crippen molar-refractivity contribution < 1.29 is 14.0 Å². The van der Waals surface area contributed by atoms with Crippen molar-refractivity contribution in [2.24, 2.45) is 0 Å². The van der Waals surface area contributed by atoms with Crippen molar-refractivity contribution in [3.05, 3.63) is 48.4 Å². The number of amides is 4. The van der Waals surface area contributed by atoms with Crippen LogP contribution in [0, 0.1) is 0 Å². The zero-order chi connectivity index (χ0) is 13.2. The van der Waals surface area contributed by atoms with Crippen LogP contribution in [0.2, 0.25) is 0 Å². The number of para-hydroxylation sites is 1. The Balaban J connectivity index is 1.76. The number of anilines is 2. The highest BCUT2D eigenvalue weighted by Gasteiger charge is 2.29. The highest BCUT2D eigenvalue weighted by molar-refractivity contribution is 6.06. The number of hydrogen-bond acceptors (Lipinski definition) is 3. The first-order valence-corrected chi connectivity index (χ1v) is 5.75. The second kappa shape index (κ2) is 4.49. The fraction of sp³-hybridized carbons (Fsp3) is 0.0769. The van der Waals surface area contributed by atoms with Crippen LogP contribution in [-0.4, -0.2) is 17.0 Å². The average molecular weight is 257 g/mol. The number of urea groups is 2. The van der Waals surface area contributed by atoms with Gasteiger partial charge in [-0.05, 0) is 12.1 Å². The molecule has 2 aromatic rings. The Morgan fingerprint density at radius 1 is 1.26 bits per heavy atom. The van der Waals surface area contributed by atoms with Gasteiger partial charge in [-0.25, -0.2) is 14.5 Å². The normalized spacial score (nSPS) is 13.7. The molecule has 6 nitrogen and oxygen atoms in total. The van der Waals surface area contributed by atoms with Crippen molar-refractivity contribution in [1.29, 1.82) is 0 Å². The van der Waals surface area contributed by atoms with Gasteiger partial charge in [-0.15, -0.1) is 0 Å². The summed E-state index contributed by atoms with van der Waals surface area (Å²) < 4.78 is 5.20. The number of furan rings is 1. The van der Waals surface area contributed by atoms with E-state index in [1.807, 2.05) is 6.07 Å². The third-order valence-corrected chi connectivity index (χ3v) is 2.80. The molecular weight excluding hydrogens is 246 g/mol. The van der Waals surface area contributed by atoms with Crippen LogP contribution in [0.5, 0.6) is 0 Å². The van der Waals surface area contributed by atoms with Crippen molar-refractivity contribution in [3.63, 3.8) is 0 Å². The van der Waals surface area contributed by atoms with E-state index in [-0.39, 0.29) is 6.54 Å². The zero-order valence-electron chi connectivity index (χ0n) is 9.92. The molecule has 1 aromatic heterocycles. The Labute approximate surface area is 109 Å². The van der Waals surface area contributed by atoms with Gasteiger partial charge in [0.25, 0.3) is 0 Å². The molecule has 0 aliphatic carbocycles. The van der Waals surface area contributed by atoms with Gasteiger partial charge in [-0.3, -0.25) is 0 Å². The molecule has 0 unspecified atom stereocenters. The number of carbonyl (C=O) groups is 2. The number of nitrogens with zero attached hydrogens (tertiary/aromatic N) is 1. The van der Waals surface area contributed by atoms with E-state index in [4.69, 9.17) is 4.42 Å². The van der Waals surface area contributed by atoms with Crippen molar-refractivity contribution >= 4 is 23.4 Å². The zero-order valence-corrected chi connectivity index (χ0v) is 9.92. The number of fused-ring (bicyclic) bond motifs is 1. The van der Waals surface area contributed by atoms with E-state index < -0.39 is 12.1 Å². The van der Waals surface area contributed by atoms with Crippen molar-refractivity contribution in [2.45, 2.75) is 6.54 Å². The van der Waals surface area contributed by atoms with E-state index in [1.54, 1.807) is 30.3 Å². The number of benzene rings is 1. The minimum absolute atomic E-state index is 0.118. The maximum atomic E-state index is 12.0. The van der Waals surface area contributed by atoms with Gasteiger partial charge in [-0.1, -0.05) is 18.2 Å². The number of hydrogen-bond donors (Lipinski definition) is 2. The van der Waals surface area contributed by atoms with Gasteiger partial charge < -0.3 is 15.1 Å². The largest absolute Gasteiger partial charge is 0.465 e. The number of imide groups is 1. The first kappa shape index (κ1) is 11.3. The van der Waals surface area contributed by atoms with E-state index in [1.165, 1.54) is 6.26 Å². The lowest BCUT2D eigenvalue weighted by Gasteiger charge is -2.24. The summed E-state index contributed by atoms with van der Waals surface area (Å²) in [5.41, 5.74) is 1.24. The molecule has 4 amide bonds. The van der Waals surface area contributed by atoms with E-state index in [9.17, 15) is 9.59 Å². The molecule has 0 spiro atoms. The van der Waals surface area contributed by atoms with Crippen LogP contribution in [-0.2, 0) is 6.54 Å². The summed E-state index contributed by atoms with van der Waals surface area (Å²) in [6.07, 6.45) is 1.48. The lowest BCUT2D eigenvalue weighted by molar-refractivity contribution is 0.195. The molecule has 0 saturated carbocycles. The summed E-state index contributed by atoms with van der Waals surface area (Å²) in [6, 6.07) is 9.63. The molecule has 96 valence electrons. The summed E-state index contributed by atoms with van der Waals surface area (Å²) in [5, 5.41) is 5.24. The van der Waals surface area contributed by atoms with Gasteiger partial charge in [0.15, 0.2) is 0 Å². The lowest BCUT2D eigenvalue weighted by Crippen LogP contribution is -2.44. The van der Waals surface area contributed by atoms with Crippen LogP contribution in [0.4, 0.5) is 21.0 Å². The van der Waals surface area contributed by atoms with E-state index >= 15 is 0 Å². The molecule has 0 bridgehead atoms. The van der Waals surface area contributed by atoms with E-state index in [2.05, 4.69) is 10.6 Å². The molecule has 0 saturated heterocycles. The molecule has 1 aliphatic heterocycles. The third kappa shape index (κ3) is 2.15. The topological polar surface area (TPSA) is 74.6 Å². The van der Waals surface area contributed by atoms with Crippen LogP contribution in [0.25, 0.3) is 0 Å². The highest BCUT2D eigenvalue weighted by atomic mass is 16.3. The fourth-order valence-corrected chi connectivity index (χ4v) is 1.85. The van der Waals surface area contributed by atoms with Crippen LogP contribution in [0.15, 0.2) is 47.1 Å². The molecule has 0 radical (unpaired) electrons. The molecule has 2 heterocycles. The molecule has 3 rings (SSSR count). The maximum Gasteiger partial charge on any atom is 0.330 e. The second-order valence-electron chi connectivity index (χ2n) is 4.07. The van der Waals surface area contributed by atoms with Gasteiger partial charge >= 0.3 is 12.1 Å². The maximum absolute atomic E-state index is 12.0.